The summed E-state index contributed by atoms with van der Waals surface area (Å²) in [7, 11) is 0. The van der Waals surface area contributed by atoms with Crippen LogP contribution >= 0.6 is 0 Å². The van der Waals surface area contributed by atoms with Gasteiger partial charge in [-0.1, -0.05) is 152 Å². The van der Waals surface area contributed by atoms with E-state index in [9.17, 15) is 0 Å². The number of fused-ring (bicyclic) bond motifs is 1. The van der Waals surface area contributed by atoms with Crippen LogP contribution in [0.1, 0.15) is 0 Å². The van der Waals surface area contributed by atoms with Crippen LogP contribution in [0.3, 0.4) is 0 Å². The molecule has 2 heterocycles. The van der Waals surface area contributed by atoms with E-state index in [1.807, 2.05) is 24.4 Å². The molecule has 0 aliphatic carbocycles. The Morgan fingerprint density at radius 1 is 0.288 bits per heavy atom. The molecule has 9 rings (SSSR count). The van der Waals surface area contributed by atoms with Crippen molar-refractivity contribution >= 4 is 10.8 Å². The molecule has 3 heteroatoms. The first-order valence-electron chi connectivity index (χ1n) is 17.5. The molecule has 3 nitrogen and oxygen atoms in total. The van der Waals surface area contributed by atoms with Crippen molar-refractivity contribution in [1.82, 2.24) is 15.0 Å². The van der Waals surface area contributed by atoms with Crippen molar-refractivity contribution < 1.29 is 0 Å². The summed E-state index contributed by atoms with van der Waals surface area (Å²) >= 11 is 0. The Kier molecular flexibility index (Phi) is 8.20. The number of pyridine rings is 1. The third-order valence-electron chi connectivity index (χ3n) is 9.50. The van der Waals surface area contributed by atoms with Gasteiger partial charge in [0.1, 0.15) is 0 Å². The lowest BCUT2D eigenvalue weighted by Crippen LogP contribution is -1.96. The first-order chi connectivity index (χ1) is 25.7. The molecule has 9 aromatic rings. The number of nitrogens with zero attached hydrogens (tertiary/aromatic N) is 3. The summed E-state index contributed by atoms with van der Waals surface area (Å²) < 4.78 is 0. The van der Waals surface area contributed by atoms with E-state index in [0.717, 1.165) is 61.2 Å². The Hall–Kier alpha value is -6.97. The lowest BCUT2D eigenvalue weighted by molar-refractivity contribution is 1.18. The van der Waals surface area contributed by atoms with Gasteiger partial charge in [-0.05, 0) is 81.2 Å². The quantitative estimate of drug-likeness (QED) is 0.170. The van der Waals surface area contributed by atoms with E-state index in [4.69, 9.17) is 15.0 Å². The van der Waals surface area contributed by atoms with E-state index in [0.29, 0.717) is 5.82 Å². The summed E-state index contributed by atoms with van der Waals surface area (Å²) in [6.45, 7) is 0. The van der Waals surface area contributed by atoms with Crippen LogP contribution in [0.2, 0.25) is 0 Å². The highest BCUT2D eigenvalue weighted by molar-refractivity contribution is 5.95. The summed E-state index contributed by atoms with van der Waals surface area (Å²) in [5.41, 5.74) is 13.7. The summed E-state index contributed by atoms with van der Waals surface area (Å²) in [5, 5.41) is 2.28. The fourth-order valence-electron chi connectivity index (χ4n) is 6.88. The van der Waals surface area contributed by atoms with Crippen molar-refractivity contribution in [2.45, 2.75) is 0 Å². The smallest absolute Gasteiger partial charge is 0.160 e. The number of rotatable bonds is 7. The van der Waals surface area contributed by atoms with Crippen LogP contribution in [0.4, 0.5) is 0 Å². The molecule has 0 saturated heterocycles. The molecule has 0 spiro atoms. The van der Waals surface area contributed by atoms with Gasteiger partial charge in [0.25, 0.3) is 0 Å². The number of hydrogen-bond donors (Lipinski definition) is 0. The second kappa shape index (κ2) is 13.7. The van der Waals surface area contributed by atoms with Crippen LogP contribution in [0, 0.1) is 0 Å². The van der Waals surface area contributed by atoms with Crippen molar-refractivity contribution in [3.8, 4) is 78.5 Å². The molecule has 0 unspecified atom stereocenters. The minimum atomic E-state index is 0.668. The Morgan fingerprint density at radius 2 is 0.750 bits per heavy atom. The number of benzene rings is 7. The van der Waals surface area contributed by atoms with Crippen LogP contribution < -0.4 is 0 Å². The minimum Gasteiger partial charge on any atom is -0.256 e. The van der Waals surface area contributed by atoms with Crippen molar-refractivity contribution in [2.24, 2.45) is 0 Å². The molecule has 52 heavy (non-hydrogen) atoms. The van der Waals surface area contributed by atoms with Crippen molar-refractivity contribution in [2.75, 3.05) is 0 Å². The van der Waals surface area contributed by atoms with E-state index in [1.54, 1.807) is 0 Å². The maximum Gasteiger partial charge on any atom is 0.160 e. The van der Waals surface area contributed by atoms with Gasteiger partial charge in [0.2, 0.25) is 0 Å². The number of hydrogen-bond acceptors (Lipinski definition) is 3. The van der Waals surface area contributed by atoms with Crippen molar-refractivity contribution in [3.05, 3.63) is 200 Å². The average Bonchev–Trinajstić information content (AvgIpc) is 3.24. The van der Waals surface area contributed by atoms with Crippen molar-refractivity contribution in [3.63, 3.8) is 0 Å². The monoisotopic (exact) mass is 663 g/mol. The Balaban J connectivity index is 1.17. The molecule has 0 fully saturated rings. The highest BCUT2D eigenvalue weighted by Gasteiger charge is 2.14. The van der Waals surface area contributed by atoms with Gasteiger partial charge in [-0.15, -0.1) is 0 Å². The zero-order valence-electron chi connectivity index (χ0n) is 28.4. The molecular weight excluding hydrogens is 631 g/mol. The van der Waals surface area contributed by atoms with Crippen LogP contribution in [-0.4, -0.2) is 15.0 Å². The Labute approximate surface area is 303 Å². The average molecular weight is 664 g/mol. The lowest BCUT2D eigenvalue weighted by atomic mass is 9.92. The molecular formula is C49H33N3. The molecule has 0 N–H and O–H groups in total. The summed E-state index contributed by atoms with van der Waals surface area (Å²) in [4.78, 5) is 15.2. The van der Waals surface area contributed by atoms with Gasteiger partial charge in [0, 0.05) is 33.8 Å². The van der Waals surface area contributed by atoms with E-state index < -0.39 is 0 Å². The third kappa shape index (κ3) is 6.28. The van der Waals surface area contributed by atoms with Gasteiger partial charge in [0.05, 0.1) is 17.1 Å². The summed E-state index contributed by atoms with van der Waals surface area (Å²) in [6.07, 6.45) is 1.88. The van der Waals surface area contributed by atoms with E-state index in [1.165, 1.54) is 22.3 Å². The Bertz CT molecular complexity index is 2610. The third-order valence-corrected chi connectivity index (χ3v) is 9.50. The summed E-state index contributed by atoms with van der Waals surface area (Å²) in [5.74, 6) is 0.668. The topological polar surface area (TPSA) is 38.7 Å². The fourth-order valence-corrected chi connectivity index (χ4v) is 6.88. The number of aromatic nitrogens is 3. The van der Waals surface area contributed by atoms with Gasteiger partial charge < -0.3 is 0 Å². The highest BCUT2D eigenvalue weighted by Crippen LogP contribution is 2.36. The maximum absolute atomic E-state index is 5.23. The zero-order chi connectivity index (χ0) is 34.7. The van der Waals surface area contributed by atoms with Crippen LogP contribution in [-0.2, 0) is 0 Å². The van der Waals surface area contributed by atoms with E-state index in [-0.39, 0.29) is 0 Å². The van der Waals surface area contributed by atoms with E-state index >= 15 is 0 Å². The fraction of sp³-hybridized carbons (Fsp3) is 0. The van der Waals surface area contributed by atoms with Crippen LogP contribution in [0.15, 0.2) is 200 Å². The molecule has 244 valence electrons. The SMILES string of the molecule is c1ccc(-c2cc(-c3ccccc3)cc(-c3cccc(-c4cc(-c5ccccc5)nc(-c5cccc(-c6nccc7ccccc67)c5)n4)c3)c2)cc1. The predicted octanol–water partition coefficient (Wildman–Crippen LogP) is 12.7. The first kappa shape index (κ1) is 31.0. The lowest BCUT2D eigenvalue weighted by Gasteiger charge is -2.13. The normalized spacial score (nSPS) is 11.1. The maximum atomic E-state index is 5.23. The van der Waals surface area contributed by atoms with Gasteiger partial charge in [-0.2, -0.15) is 0 Å². The second-order valence-electron chi connectivity index (χ2n) is 12.9. The largest absolute Gasteiger partial charge is 0.256 e. The molecule has 2 aromatic heterocycles. The molecule has 0 radical (unpaired) electrons. The molecule has 0 aliphatic rings. The molecule has 0 aliphatic heterocycles. The predicted molar refractivity (Wildman–Crippen MR) is 215 cm³/mol. The van der Waals surface area contributed by atoms with Gasteiger partial charge in [0.15, 0.2) is 5.82 Å². The molecule has 7 aromatic carbocycles. The first-order valence-corrected chi connectivity index (χ1v) is 17.5. The minimum absolute atomic E-state index is 0.668. The van der Waals surface area contributed by atoms with Gasteiger partial charge in [-0.3, -0.25) is 4.98 Å². The standard InChI is InChI=1S/C49H33N3/c1-4-14-34(15-5-1)42-30-43(35-16-6-2-7-17-35)32-44(31-42)38-21-12-22-39(28-38)47-33-46(37-19-8-3-9-20-37)51-49(52-47)41-24-13-23-40(29-41)48-45-25-11-10-18-36(45)26-27-50-48/h1-33H. The Morgan fingerprint density at radius 3 is 1.42 bits per heavy atom. The zero-order valence-corrected chi connectivity index (χ0v) is 28.4. The van der Waals surface area contributed by atoms with Gasteiger partial charge in [-0.25, -0.2) is 9.97 Å². The van der Waals surface area contributed by atoms with E-state index in [2.05, 4.69) is 176 Å². The molecule has 0 bridgehead atoms. The molecule has 0 atom stereocenters. The van der Waals surface area contributed by atoms with Crippen LogP contribution in [0.5, 0.6) is 0 Å². The highest BCUT2D eigenvalue weighted by atomic mass is 14.9. The second-order valence-corrected chi connectivity index (χ2v) is 12.9. The molecule has 0 amide bonds. The van der Waals surface area contributed by atoms with Crippen molar-refractivity contribution in [1.29, 1.82) is 0 Å². The van der Waals surface area contributed by atoms with Gasteiger partial charge >= 0.3 is 0 Å². The van der Waals surface area contributed by atoms with Crippen LogP contribution in [0.25, 0.3) is 89.3 Å². The molecule has 0 saturated carbocycles. The summed E-state index contributed by atoms with van der Waals surface area (Å²) in [6, 6.07) is 68.0.